The Kier molecular flexibility index (Phi) is 4.54. The molecule has 1 aliphatic rings. The molecule has 0 radical (unpaired) electrons. The minimum Gasteiger partial charge on any atom is -0.313 e. The van der Waals surface area contributed by atoms with Crippen molar-refractivity contribution in [2.45, 2.75) is 25.4 Å². The molecule has 1 unspecified atom stereocenters. The molecule has 0 spiro atoms. The van der Waals surface area contributed by atoms with Gasteiger partial charge in [-0.2, -0.15) is 0 Å². The molecule has 1 atom stereocenters. The fourth-order valence-corrected chi connectivity index (χ4v) is 2.68. The van der Waals surface area contributed by atoms with E-state index in [1.807, 2.05) is 0 Å². The van der Waals surface area contributed by atoms with Gasteiger partial charge in [-0.05, 0) is 50.2 Å². The molecule has 0 bridgehead atoms. The van der Waals surface area contributed by atoms with Crippen LogP contribution in [0.1, 0.15) is 18.4 Å². The Balaban J connectivity index is 1.92. The van der Waals surface area contributed by atoms with Crippen LogP contribution in [-0.2, 0) is 6.54 Å². The quantitative estimate of drug-likeness (QED) is 0.920. The van der Waals surface area contributed by atoms with Crippen LogP contribution in [0.3, 0.4) is 0 Å². The lowest BCUT2D eigenvalue weighted by molar-refractivity contribution is 0.292. The van der Waals surface area contributed by atoms with Crippen LogP contribution in [0.2, 0.25) is 0 Å². The molecule has 0 amide bonds. The van der Waals surface area contributed by atoms with Crippen LogP contribution >= 0.6 is 15.9 Å². The van der Waals surface area contributed by atoms with Crippen molar-refractivity contribution in [1.82, 2.24) is 10.2 Å². The number of nitrogens with one attached hydrogen (secondary N) is 1. The topological polar surface area (TPSA) is 15.3 Å². The summed E-state index contributed by atoms with van der Waals surface area (Å²) in [5, 5.41) is 3.47. The number of benzene rings is 1. The third-order valence-corrected chi connectivity index (χ3v) is 3.92. The molecule has 1 N–H and O–H groups in total. The predicted octanol–water partition coefficient (Wildman–Crippen LogP) is 2.77. The van der Waals surface area contributed by atoms with Crippen LogP contribution in [-0.4, -0.2) is 31.1 Å². The molecule has 1 aliphatic heterocycles. The number of hydrogen-bond donors (Lipinski definition) is 1. The molecule has 17 heavy (non-hydrogen) atoms. The van der Waals surface area contributed by atoms with Crippen molar-refractivity contribution < 1.29 is 4.39 Å². The van der Waals surface area contributed by atoms with Gasteiger partial charge < -0.3 is 10.2 Å². The highest BCUT2D eigenvalue weighted by atomic mass is 79.9. The number of likely N-dealkylation sites (N-methyl/N-ethyl adjacent to an activating group) is 1. The standard InChI is InChI=1S/C13H18BrFN2/c1-17(9-12-3-2-6-16-12)8-10-7-11(15)4-5-13(10)14/h4-5,7,12,16H,2-3,6,8-9H2,1H3. The molecule has 4 heteroatoms. The molecule has 94 valence electrons. The van der Waals surface area contributed by atoms with Crippen LogP contribution in [0.25, 0.3) is 0 Å². The summed E-state index contributed by atoms with van der Waals surface area (Å²) < 4.78 is 14.1. The van der Waals surface area contributed by atoms with Crippen molar-refractivity contribution in [3.8, 4) is 0 Å². The lowest BCUT2D eigenvalue weighted by Crippen LogP contribution is -2.35. The van der Waals surface area contributed by atoms with E-state index in [4.69, 9.17) is 0 Å². The van der Waals surface area contributed by atoms with Crippen molar-refractivity contribution in [1.29, 1.82) is 0 Å². The van der Waals surface area contributed by atoms with Crippen molar-refractivity contribution >= 4 is 15.9 Å². The second-order valence-corrected chi connectivity index (χ2v) is 5.58. The van der Waals surface area contributed by atoms with E-state index >= 15 is 0 Å². The fourth-order valence-electron chi connectivity index (χ4n) is 2.31. The van der Waals surface area contributed by atoms with E-state index in [0.29, 0.717) is 6.04 Å². The molecule has 0 saturated carbocycles. The lowest BCUT2D eigenvalue weighted by Gasteiger charge is -2.21. The van der Waals surface area contributed by atoms with Gasteiger partial charge in [0.25, 0.3) is 0 Å². The van der Waals surface area contributed by atoms with Crippen molar-refractivity contribution in [2.75, 3.05) is 20.1 Å². The predicted molar refractivity (Wildman–Crippen MR) is 71.5 cm³/mol. The summed E-state index contributed by atoms with van der Waals surface area (Å²) in [5.74, 6) is -0.171. The zero-order valence-electron chi connectivity index (χ0n) is 10.0. The molecule has 1 fully saturated rings. The number of rotatable bonds is 4. The van der Waals surface area contributed by atoms with Gasteiger partial charge in [0.05, 0.1) is 0 Å². The first kappa shape index (κ1) is 13.0. The Morgan fingerprint density at radius 1 is 1.53 bits per heavy atom. The average Bonchev–Trinajstić information content (AvgIpc) is 2.76. The van der Waals surface area contributed by atoms with Gasteiger partial charge in [0.1, 0.15) is 5.82 Å². The van der Waals surface area contributed by atoms with Gasteiger partial charge in [-0.15, -0.1) is 0 Å². The molecule has 0 aromatic heterocycles. The van der Waals surface area contributed by atoms with E-state index in [9.17, 15) is 4.39 Å². The minimum atomic E-state index is -0.171. The average molecular weight is 301 g/mol. The summed E-state index contributed by atoms with van der Waals surface area (Å²) in [7, 11) is 2.08. The molecular weight excluding hydrogens is 283 g/mol. The maximum Gasteiger partial charge on any atom is 0.123 e. The number of hydrogen-bond acceptors (Lipinski definition) is 2. The van der Waals surface area contributed by atoms with Crippen LogP contribution in [0, 0.1) is 5.82 Å². The Morgan fingerprint density at radius 3 is 3.06 bits per heavy atom. The molecule has 2 nitrogen and oxygen atoms in total. The fraction of sp³-hybridized carbons (Fsp3) is 0.538. The van der Waals surface area contributed by atoms with Crippen molar-refractivity contribution in [3.05, 3.63) is 34.1 Å². The van der Waals surface area contributed by atoms with Gasteiger partial charge in [-0.1, -0.05) is 15.9 Å². The van der Waals surface area contributed by atoms with E-state index < -0.39 is 0 Å². The van der Waals surface area contributed by atoms with Gasteiger partial charge in [0.15, 0.2) is 0 Å². The molecular formula is C13H18BrFN2. The summed E-state index contributed by atoms with van der Waals surface area (Å²) in [6, 6.07) is 5.44. The Hall–Kier alpha value is -0.450. The number of nitrogens with zero attached hydrogens (tertiary/aromatic N) is 1. The Labute approximate surface area is 110 Å². The van der Waals surface area contributed by atoms with Gasteiger partial charge in [0.2, 0.25) is 0 Å². The smallest absolute Gasteiger partial charge is 0.123 e. The van der Waals surface area contributed by atoms with E-state index in [2.05, 4.69) is 33.2 Å². The Morgan fingerprint density at radius 2 is 2.35 bits per heavy atom. The zero-order valence-corrected chi connectivity index (χ0v) is 11.6. The zero-order chi connectivity index (χ0) is 12.3. The van der Waals surface area contributed by atoms with Crippen molar-refractivity contribution in [2.24, 2.45) is 0 Å². The molecule has 2 rings (SSSR count). The SMILES string of the molecule is CN(Cc1cc(F)ccc1Br)CC1CCCN1. The van der Waals surface area contributed by atoms with Gasteiger partial charge in [-0.25, -0.2) is 4.39 Å². The maximum atomic E-state index is 13.2. The normalized spacial score (nSPS) is 20.1. The summed E-state index contributed by atoms with van der Waals surface area (Å²) in [5.41, 5.74) is 1.01. The van der Waals surface area contributed by atoms with Crippen LogP contribution in [0.5, 0.6) is 0 Å². The first-order valence-corrected chi connectivity index (χ1v) is 6.80. The summed E-state index contributed by atoms with van der Waals surface area (Å²) in [6.07, 6.45) is 2.51. The van der Waals surface area contributed by atoms with E-state index in [1.54, 1.807) is 12.1 Å². The number of halogens is 2. The first-order chi connectivity index (χ1) is 8.15. The van der Waals surface area contributed by atoms with Crippen LogP contribution in [0.15, 0.2) is 22.7 Å². The lowest BCUT2D eigenvalue weighted by atomic mass is 10.2. The third-order valence-electron chi connectivity index (χ3n) is 3.14. The maximum absolute atomic E-state index is 13.2. The monoisotopic (exact) mass is 300 g/mol. The summed E-state index contributed by atoms with van der Waals surface area (Å²) in [6.45, 7) is 2.92. The van der Waals surface area contributed by atoms with E-state index in [-0.39, 0.29) is 5.82 Å². The highest BCUT2D eigenvalue weighted by Crippen LogP contribution is 2.19. The van der Waals surface area contributed by atoms with Gasteiger partial charge in [-0.3, -0.25) is 0 Å². The second kappa shape index (κ2) is 5.94. The largest absolute Gasteiger partial charge is 0.313 e. The second-order valence-electron chi connectivity index (χ2n) is 4.73. The summed E-state index contributed by atoms with van der Waals surface area (Å²) in [4.78, 5) is 2.24. The van der Waals surface area contributed by atoms with E-state index in [1.165, 1.54) is 18.9 Å². The molecule has 1 heterocycles. The molecule has 1 aromatic rings. The van der Waals surface area contributed by atoms with Crippen LogP contribution in [0.4, 0.5) is 4.39 Å². The summed E-state index contributed by atoms with van der Waals surface area (Å²) >= 11 is 3.46. The highest BCUT2D eigenvalue weighted by molar-refractivity contribution is 9.10. The Bertz CT molecular complexity index is 378. The van der Waals surface area contributed by atoms with Gasteiger partial charge in [0, 0.05) is 23.6 Å². The van der Waals surface area contributed by atoms with Gasteiger partial charge >= 0.3 is 0 Å². The van der Waals surface area contributed by atoms with E-state index in [0.717, 1.165) is 29.7 Å². The highest BCUT2D eigenvalue weighted by Gasteiger charge is 2.16. The van der Waals surface area contributed by atoms with Crippen molar-refractivity contribution in [3.63, 3.8) is 0 Å². The third kappa shape index (κ3) is 3.76. The first-order valence-electron chi connectivity index (χ1n) is 6.01. The molecule has 0 aliphatic carbocycles. The molecule has 1 saturated heterocycles. The minimum absolute atomic E-state index is 0.171. The molecule has 1 aromatic carbocycles. The van der Waals surface area contributed by atoms with Crippen LogP contribution < -0.4 is 5.32 Å².